The summed E-state index contributed by atoms with van der Waals surface area (Å²) in [6, 6.07) is 0. The van der Waals surface area contributed by atoms with Crippen LogP contribution in [0.1, 0.15) is 53.9 Å². The van der Waals surface area contributed by atoms with Crippen LogP contribution in [0.5, 0.6) is 0 Å². The first-order chi connectivity index (χ1) is 7.39. The molecule has 0 heterocycles. The maximum atomic E-state index is 11.2. The quantitative estimate of drug-likeness (QED) is 0.512. The minimum absolute atomic E-state index is 0.0377. The molecule has 0 radical (unpaired) electrons. The summed E-state index contributed by atoms with van der Waals surface area (Å²) in [5.74, 6) is 0.603. The smallest absolute Gasteiger partial charge is 0.146 e. The van der Waals surface area contributed by atoms with E-state index in [2.05, 4.69) is 40.7 Å². The highest BCUT2D eigenvalue weighted by atomic mass is 16.1. The van der Waals surface area contributed by atoms with Gasteiger partial charge in [-0.3, -0.25) is 4.79 Å². The minimum atomic E-state index is 0.0377. The van der Waals surface area contributed by atoms with Crippen molar-refractivity contribution in [1.82, 2.24) is 0 Å². The molecule has 0 fully saturated rings. The third-order valence-corrected chi connectivity index (χ3v) is 3.97. The van der Waals surface area contributed by atoms with E-state index in [1.807, 2.05) is 0 Å². The van der Waals surface area contributed by atoms with Crippen molar-refractivity contribution >= 4 is 6.29 Å². The average Bonchev–Trinajstić information content (AvgIpc) is 2.15. The molecule has 1 aliphatic rings. The molecule has 0 bridgehead atoms. The number of hydrogen-bond acceptors (Lipinski definition) is 1. The van der Waals surface area contributed by atoms with E-state index in [1.54, 1.807) is 0 Å². The normalized spacial score (nSPS) is 24.2. The van der Waals surface area contributed by atoms with Crippen LogP contribution in [0.15, 0.2) is 22.8 Å². The number of aldehydes is 1. The van der Waals surface area contributed by atoms with Gasteiger partial charge >= 0.3 is 0 Å². The molecule has 1 aliphatic carbocycles. The first kappa shape index (κ1) is 13.2. The molecular formula is C15H24O. The Hall–Kier alpha value is -0.850. The maximum Gasteiger partial charge on any atom is 0.146 e. The third-order valence-electron chi connectivity index (χ3n) is 3.97. The number of hydrogen-bond donors (Lipinski definition) is 0. The third kappa shape index (κ3) is 2.63. The van der Waals surface area contributed by atoms with E-state index in [0.29, 0.717) is 5.92 Å². The predicted octanol–water partition coefficient (Wildman–Crippen LogP) is 4.29. The molecule has 0 amide bonds. The topological polar surface area (TPSA) is 17.1 Å². The zero-order chi connectivity index (χ0) is 12.3. The molecule has 0 aromatic carbocycles. The van der Waals surface area contributed by atoms with Crippen LogP contribution in [0, 0.1) is 11.3 Å². The molecule has 0 aromatic heterocycles. The Kier molecular flexibility index (Phi) is 4.12. The second-order valence-corrected chi connectivity index (χ2v) is 5.79. The summed E-state index contributed by atoms with van der Waals surface area (Å²) in [5, 5.41) is 0. The lowest BCUT2D eigenvalue weighted by molar-refractivity contribution is -0.106. The Labute approximate surface area is 99.6 Å². The summed E-state index contributed by atoms with van der Waals surface area (Å²) in [7, 11) is 0. The molecule has 0 spiro atoms. The minimum Gasteiger partial charge on any atom is -0.298 e. The van der Waals surface area contributed by atoms with Crippen molar-refractivity contribution in [2.45, 2.75) is 53.9 Å². The van der Waals surface area contributed by atoms with Gasteiger partial charge in [-0.25, -0.2) is 0 Å². The van der Waals surface area contributed by atoms with E-state index in [0.717, 1.165) is 24.7 Å². The molecule has 0 aliphatic heterocycles. The van der Waals surface area contributed by atoms with Gasteiger partial charge in [-0.1, -0.05) is 31.1 Å². The molecule has 0 saturated carbocycles. The summed E-state index contributed by atoms with van der Waals surface area (Å²) in [4.78, 5) is 11.2. The van der Waals surface area contributed by atoms with Crippen molar-refractivity contribution < 1.29 is 4.79 Å². The monoisotopic (exact) mass is 220 g/mol. The lowest BCUT2D eigenvalue weighted by atomic mass is 9.64. The molecule has 90 valence electrons. The van der Waals surface area contributed by atoms with Gasteiger partial charge < -0.3 is 0 Å². The molecular weight excluding hydrogens is 196 g/mol. The van der Waals surface area contributed by atoms with E-state index >= 15 is 0 Å². The van der Waals surface area contributed by atoms with E-state index in [9.17, 15) is 4.79 Å². The Bertz CT molecular complexity index is 327. The second kappa shape index (κ2) is 4.99. The zero-order valence-electron chi connectivity index (χ0n) is 11.3. The maximum absolute atomic E-state index is 11.2. The first-order valence-corrected chi connectivity index (χ1v) is 6.18. The number of carbonyl (C=O) groups is 1. The second-order valence-electron chi connectivity index (χ2n) is 5.79. The van der Waals surface area contributed by atoms with Gasteiger partial charge in [-0.2, -0.15) is 0 Å². The van der Waals surface area contributed by atoms with Gasteiger partial charge in [0.2, 0.25) is 0 Å². The van der Waals surface area contributed by atoms with Gasteiger partial charge in [0.25, 0.3) is 0 Å². The highest BCUT2D eigenvalue weighted by Gasteiger charge is 2.36. The summed E-state index contributed by atoms with van der Waals surface area (Å²) < 4.78 is 0. The van der Waals surface area contributed by atoms with Crippen LogP contribution in [0.4, 0.5) is 0 Å². The van der Waals surface area contributed by atoms with Crippen molar-refractivity contribution in [2.75, 3.05) is 0 Å². The van der Waals surface area contributed by atoms with Gasteiger partial charge in [-0.05, 0) is 56.9 Å². The van der Waals surface area contributed by atoms with Crippen LogP contribution in [0.25, 0.3) is 0 Å². The summed E-state index contributed by atoms with van der Waals surface area (Å²) in [6.07, 6.45) is 6.76. The lowest BCUT2D eigenvalue weighted by Crippen LogP contribution is -2.31. The van der Waals surface area contributed by atoms with Crippen LogP contribution >= 0.6 is 0 Å². The Morgan fingerprint density at radius 1 is 1.44 bits per heavy atom. The summed E-state index contributed by atoms with van der Waals surface area (Å²) >= 11 is 0. The number of allylic oxidation sites excluding steroid dienone is 4. The number of carbonyl (C=O) groups excluding carboxylic acids is 1. The fourth-order valence-electron chi connectivity index (χ4n) is 2.70. The molecule has 0 N–H and O–H groups in total. The van der Waals surface area contributed by atoms with E-state index < -0.39 is 0 Å². The fourth-order valence-corrected chi connectivity index (χ4v) is 2.70. The van der Waals surface area contributed by atoms with Gasteiger partial charge in [-0.15, -0.1) is 0 Å². The average molecular weight is 220 g/mol. The van der Waals surface area contributed by atoms with Crippen LogP contribution in [-0.2, 0) is 4.79 Å². The van der Waals surface area contributed by atoms with Crippen LogP contribution < -0.4 is 0 Å². The van der Waals surface area contributed by atoms with Gasteiger partial charge in [0.05, 0.1) is 0 Å². The summed E-state index contributed by atoms with van der Waals surface area (Å²) in [5.41, 5.74) is 3.73. The fraction of sp³-hybridized carbons (Fsp3) is 0.667. The number of rotatable bonds is 3. The van der Waals surface area contributed by atoms with Gasteiger partial charge in [0.1, 0.15) is 6.29 Å². The van der Waals surface area contributed by atoms with Crippen molar-refractivity contribution in [2.24, 2.45) is 11.3 Å². The van der Waals surface area contributed by atoms with E-state index in [-0.39, 0.29) is 5.41 Å². The van der Waals surface area contributed by atoms with Crippen molar-refractivity contribution in [3.63, 3.8) is 0 Å². The van der Waals surface area contributed by atoms with Crippen molar-refractivity contribution in [3.05, 3.63) is 22.8 Å². The largest absolute Gasteiger partial charge is 0.298 e. The van der Waals surface area contributed by atoms with Gasteiger partial charge in [0, 0.05) is 0 Å². The van der Waals surface area contributed by atoms with Crippen molar-refractivity contribution in [1.29, 1.82) is 0 Å². The molecule has 1 heteroatoms. The molecule has 1 rings (SSSR count). The van der Waals surface area contributed by atoms with Crippen LogP contribution in [-0.4, -0.2) is 6.29 Å². The first-order valence-electron chi connectivity index (χ1n) is 6.18. The lowest BCUT2D eigenvalue weighted by Gasteiger charge is -2.39. The SMILES string of the molecule is CC(C)=CC[C@@H]1CCC(C)=C(C=O)C1(C)C. The Morgan fingerprint density at radius 2 is 2.06 bits per heavy atom. The van der Waals surface area contributed by atoms with Crippen LogP contribution in [0.3, 0.4) is 0 Å². The predicted molar refractivity (Wildman–Crippen MR) is 69.3 cm³/mol. The van der Waals surface area contributed by atoms with E-state index in [1.165, 1.54) is 17.6 Å². The molecule has 16 heavy (non-hydrogen) atoms. The Balaban J connectivity index is 2.92. The highest BCUT2D eigenvalue weighted by molar-refractivity contribution is 5.77. The molecule has 1 atom stereocenters. The highest BCUT2D eigenvalue weighted by Crippen LogP contribution is 2.45. The van der Waals surface area contributed by atoms with Crippen LogP contribution in [0.2, 0.25) is 0 Å². The van der Waals surface area contributed by atoms with Crippen molar-refractivity contribution in [3.8, 4) is 0 Å². The molecule has 0 saturated heterocycles. The van der Waals surface area contributed by atoms with Gasteiger partial charge in [0.15, 0.2) is 0 Å². The Morgan fingerprint density at radius 3 is 2.56 bits per heavy atom. The molecule has 0 unspecified atom stereocenters. The standard InChI is InChI=1S/C15H24O/c1-11(2)6-8-13-9-7-12(3)14(10-16)15(13,4)5/h6,10,13H,7-9H2,1-5H3/t13-/m1/s1. The molecule has 1 nitrogen and oxygen atoms in total. The molecule has 0 aromatic rings. The van der Waals surface area contributed by atoms with E-state index in [4.69, 9.17) is 0 Å². The summed E-state index contributed by atoms with van der Waals surface area (Å²) in [6.45, 7) is 10.8. The zero-order valence-corrected chi connectivity index (χ0v) is 11.3.